The van der Waals surface area contributed by atoms with Crippen molar-refractivity contribution in [3.8, 4) is 6.07 Å². The van der Waals surface area contributed by atoms with Crippen molar-refractivity contribution in [1.82, 2.24) is 0 Å². The van der Waals surface area contributed by atoms with Crippen LogP contribution in [0.1, 0.15) is 36.2 Å². The van der Waals surface area contributed by atoms with Crippen LogP contribution < -0.4 is 0 Å². The first-order chi connectivity index (χ1) is 10.8. The van der Waals surface area contributed by atoms with E-state index >= 15 is 0 Å². The van der Waals surface area contributed by atoms with Gasteiger partial charge in [-0.3, -0.25) is 9.79 Å². The standard InChI is InChI=1S/C17H19FN2O3/c1-17(2,11-19)6-7-20-10-14(21)8-12-4-5-13(9-15(12)18)16(22)23-3/h4-5,7,9H,6,8,10H2,1-3H3. The Labute approximate surface area is 134 Å². The zero-order valence-corrected chi connectivity index (χ0v) is 13.4. The molecule has 0 aromatic heterocycles. The maximum Gasteiger partial charge on any atom is 0.337 e. The van der Waals surface area contributed by atoms with Gasteiger partial charge in [-0.05, 0) is 31.5 Å². The lowest BCUT2D eigenvalue weighted by Gasteiger charge is -2.10. The number of ether oxygens (including phenoxy) is 1. The fourth-order valence-corrected chi connectivity index (χ4v) is 1.71. The van der Waals surface area contributed by atoms with Crippen LogP contribution in [-0.4, -0.2) is 31.6 Å². The lowest BCUT2D eigenvalue weighted by atomic mass is 9.92. The number of methoxy groups -OCH3 is 1. The third kappa shape index (κ3) is 5.99. The number of halogens is 1. The summed E-state index contributed by atoms with van der Waals surface area (Å²) in [5.41, 5.74) is -0.226. The van der Waals surface area contributed by atoms with Gasteiger partial charge in [0.05, 0.1) is 30.7 Å². The fourth-order valence-electron chi connectivity index (χ4n) is 1.71. The van der Waals surface area contributed by atoms with Crippen LogP contribution in [0.3, 0.4) is 0 Å². The van der Waals surface area contributed by atoms with Gasteiger partial charge in [0.15, 0.2) is 5.78 Å². The minimum absolute atomic E-state index is 0.0697. The van der Waals surface area contributed by atoms with E-state index in [1.807, 2.05) is 0 Å². The van der Waals surface area contributed by atoms with Crippen LogP contribution in [0.25, 0.3) is 0 Å². The molecule has 0 saturated carbocycles. The maximum absolute atomic E-state index is 13.9. The van der Waals surface area contributed by atoms with Gasteiger partial charge in [0.1, 0.15) is 5.82 Å². The molecule has 0 aliphatic heterocycles. The number of ketones is 1. The van der Waals surface area contributed by atoms with E-state index in [0.29, 0.717) is 6.42 Å². The highest BCUT2D eigenvalue weighted by atomic mass is 19.1. The Hall–Kier alpha value is -2.55. The van der Waals surface area contributed by atoms with Crippen LogP contribution in [0.15, 0.2) is 23.2 Å². The normalized spacial score (nSPS) is 11.3. The van der Waals surface area contributed by atoms with Gasteiger partial charge in [0, 0.05) is 19.1 Å². The van der Waals surface area contributed by atoms with Crippen molar-refractivity contribution < 1.29 is 18.7 Å². The number of benzene rings is 1. The van der Waals surface area contributed by atoms with Crippen LogP contribution in [0.5, 0.6) is 0 Å². The van der Waals surface area contributed by atoms with E-state index in [4.69, 9.17) is 5.26 Å². The SMILES string of the molecule is COC(=O)c1ccc(CC(=O)CN=CCC(C)(C)C#N)c(F)c1. The van der Waals surface area contributed by atoms with Crippen LogP contribution in [-0.2, 0) is 16.0 Å². The highest BCUT2D eigenvalue weighted by Crippen LogP contribution is 2.16. The average molecular weight is 318 g/mol. The second kappa shape index (κ2) is 8.18. The first-order valence-electron chi connectivity index (χ1n) is 7.07. The van der Waals surface area contributed by atoms with Gasteiger partial charge < -0.3 is 4.74 Å². The van der Waals surface area contributed by atoms with Gasteiger partial charge in [-0.15, -0.1) is 0 Å². The summed E-state index contributed by atoms with van der Waals surface area (Å²) in [6.45, 7) is 3.48. The van der Waals surface area contributed by atoms with E-state index in [2.05, 4.69) is 15.8 Å². The Morgan fingerprint density at radius 1 is 1.43 bits per heavy atom. The Morgan fingerprint density at radius 3 is 2.70 bits per heavy atom. The molecule has 0 radical (unpaired) electrons. The molecule has 122 valence electrons. The highest BCUT2D eigenvalue weighted by Gasteiger charge is 2.15. The lowest BCUT2D eigenvalue weighted by molar-refractivity contribution is -0.117. The minimum Gasteiger partial charge on any atom is -0.465 e. The van der Waals surface area contributed by atoms with E-state index in [0.717, 1.165) is 6.07 Å². The monoisotopic (exact) mass is 318 g/mol. The van der Waals surface area contributed by atoms with Crippen molar-refractivity contribution in [1.29, 1.82) is 5.26 Å². The summed E-state index contributed by atoms with van der Waals surface area (Å²) in [6, 6.07) is 5.98. The van der Waals surface area contributed by atoms with Gasteiger partial charge in [0.25, 0.3) is 0 Å². The number of rotatable bonds is 7. The van der Waals surface area contributed by atoms with Gasteiger partial charge in [-0.1, -0.05) is 6.07 Å². The Kier molecular flexibility index (Phi) is 6.58. The molecule has 6 heteroatoms. The largest absolute Gasteiger partial charge is 0.465 e. The second-order valence-electron chi connectivity index (χ2n) is 5.74. The van der Waals surface area contributed by atoms with Crippen molar-refractivity contribution in [3.63, 3.8) is 0 Å². The Morgan fingerprint density at radius 2 is 2.13 bits per heavy atom. The summed E-state index contributed by atoms with van der Waals surface area (Å²) in [4.78, 5) is 27.0. The van der Waals surface area contributed by atoms with E-state index in [1.54, 1.807) is 13.8 Å². The van der Waals surface area contributed by atoms with Crippen LogP contribution in [0, 0.1) is 22.6 Å². The summed E-state index contributed by atoms with van der Waals surface area (Å²) in [5.74, 6) is -1.51. The third-order valence-corrected chi connectivity index (χ3v) is 3.16. The molecule has 0 amide bonds. The molecule has 0 heterocycles. The molecule has 23 heavy (non-hydrogen) atoms. The predicted octanol–water partition coefficient (Wildman–Crippen LogP) is 2.73. The number of carbonyl (C=O) groups excluding carboxylic acids is 2. The zero-order chi connectivity index (χ0) is 17.5. The van der Waals surface area contributed by atoms with Crippen molar-refractivity contribution in [2.45, 2.75) is 26.7 Å². The summed E-state index contributed by atoms with van der Waals surface area (Å²) in [7, 11) is 1.21. The molecule has 1 rings (SSSR count). The number of carbonyl (C=O) groups is 2. The molecular formula is C17H19FN2O3. The second-order valence-corrected chi connectivity index (χ2v) is 5.74. The molecule has 0 aliphatic carbocycles. The maximum atomic E-state index is 13.9. The first-order valence-corrected chi connectivity index (χ1v) is 7.07. The number of aliphatic imine (C=N–C) groups is 1. The number of nitriles is 1. The number of hydrogen-bond donors (Lipinski definition) is 0. The van der Waals surface area contributed by atoms with Crippen LogP contribution in [0.4, 0.5) is 4.39 Å². The Bertz CT molecular complexity index is 660. The zero-order valence-electron chi connectivity index (χ0n) is 13.4. The number of nitrogens with zero attached hydrogens (tertiary/aromatic N) is 2. The molecule has 0 N–H and O–H groups in total. The summed E-state index contributed by atoms with van der Waals surface area (Å²) in [5, 5.41) is 8.85. The molecule has 0 unspecified atom stereocenters. The molecular weight excluding hydrogens is 299 g/mol. The minimum atomic E-state index is -0.633. The molecule has 0 saturated heterocycles. The van der Waals surface area contributed by atoms with Gasteiger partial charge in [0.2, 0.25) is 0 Å². The van der Waals surface area contributed by atoms with E-state index < -0.39 is 17.2 Å². The van der Waals surface area contributed by atoms with Gasteiger partial charge in [-0.25, -0.2) is 9.18 Å². The molecule has 1 aromatic rings. The molecule has 1 aromatic carbocycles. The first kappa shape index (κ1) is 18.5. The van der Waals surface area contributed by atoms with Crippen LogP contribution in [0.2, 0.25) is 0 Å². The topological polar surface area (TPSA) is 79.5 Å². The van der Waals surface area contributed by atoms with E-state index in [-0.39, 0.29) is 29.9 Å². The summed E-state index contributed by atoms with van der Waals surface area (Å²) in [6.07, 6.45) is 1.88. The third-order valence-electron chi connectivity index (χ3n) is 3.16. The fraction of sp³-hybridized carbons (Fsp3) is 0.412. The van der Waals surface area contributed by atoms with Gasteiger partial charge in [-0.2, -0.15) is 5.26 Å². The molecule has 0 atom stereocenters. The van der Waals surface area contributed by atoms with Crippen molar-refractivity contribution in [3.05, 3.63) is 35.1 Å². The van der Waals surface area contributed by atoms with Crippen molar-refractivity contribution >= 4 is 18.0 Å². The van der Waals surface area contributed by atoms with E-state index in [9.17, 15) is 14.0 Å². The Balaban J connectivity index is 2.60. The summed E-state index contributed by atoms with van der Waals surface area (Å²) >= 11 is 0. The molecule has 0 fully saturated rings. The summed E-state index contributed by atoms with van der Waals surface area (Å²) < 4.78 is 18.4. The molecule has 0 spiro atoms. The smallest absolute Gasteiger partial charge is 0.337 e. The molecule has 5 nitrogen and oxygen atoms in total. The van der Waals surface area contributed by atoms with Crippen LogP contribution >= 0.6 is 0 Å². The van der Waals surface area contributed by atoms with Crippen molar-refractivity contribution in [2.24, 2.45) is 10.4 Å². The number of hydrogen-bond acceptors (Lipinski definition) is 5. The lowest BCUT2D eigenvalue weighted by Crippen LogP contribution is -2.11. The quantitative estimate of drug-likeness (QED) is 0.572. The van der Waals surface area contributed by atoms with Crippen molar-refractivity contribution in [2.75, 3.05) is 13.7 Å². The average Bonchev–Trinajstić information content (AvgIpc) is 2.52. The van der Waals surface area contributed by atoms with Gasteiger partial charge >= 0.3 is 5.97 Å². The molecule has 0 aliphatic rings. The highest BCUT2D eigenvalue weighted by molar-refractivity contribution is 5.89. The van der Waals surface area contributed by atoms with E-state index in [1.165, 1.54) is 25.5 Å². The predicted molar refractivity (Wildman–Crippen MR) is 83.8 cm³/mol. The molecule has 0 bridgehead atoms. The number of Topliss-reactive ketones (excluding diaryl/α,β-unsaturated/α-hetero) is 1. The number of esters is 1.